The molecule has 2 heteroatoms. The van der Waals surface area contributed by atoms with Crippen LogP contribution in [0.3, 0.4) is 0 Å². The van der Waals surface area contributed by atoms with Crippen molar-refractivity contribution in [2.24, 2.45) is 0 Å². The number of hydrogen-bond acceptors (Lipinski definition) is 1. The van der Waals surface area contributed by atoms with E-state index in [2.05, 4.69) is 314 Å². The van der Waals surface area contributed by atoms with Crippen molar-refractivity contribution in [3.63, 3.8) is 0 Å². The molecule has 13 aromatic rings. The number of rotatable bonds is 10. The highest BCUT2D eigenvalue weighted by molar-refractivity contribution is 6.16. The van der Waals surface area contributed by atoms with Gasteiger partial charge in [0.2, 0.25) is 0 Å². The lowest BCUT2D eigenvalue weighted by Gasteiger charge is -2.29. The molecule has 0 saturated carbocycles. The SMILES string of the molecule is CC1(c2ccccc2)c2ccccc2-c2ccc(-c3ccc(N(c4ccc(-c5cccc6c5c5ccccc5n6-c5ccccc5)cc4)c4ccccc4-c4ccccc4-c4ccccc4-c4ccccc4)cc3)cc21. The van der Waals surface area contributed by atoms with E-state index in [1.807, 2.05) is 0 Å². The molecule has 1 unspecified atom stereocenters. The van der Waals surface area contributed by atoms with Gasteiger partial charge in [-0.15, -0.1) is 0 Å². The monoisotopic (exact) mass is 968 g/mol. The fourth-order valence-electron chi connectivity index (χ4n) is 12.3. The summed E-state index contributed by atoms with van der Waals surface area (Å²) in [6, 6.07) is 109. The second-order valence-corrected chi connectivity index (χ2v) is 20.1. The van der Waals surface area contributed by atoms with Crippen LogP contribution in [0.4, 0.5) is 17.1 Å². The van der Waals surface area contributed by atoms with Gasteiger partial charge in [0.25, 0.3) is 0 Å². The molecule has 0 fully saturated rings. The summed E-state index contributed by atoms with van der Waals surface area (Å²) in [6.07, 6.45) is 0. The van der Waals surface area contributed by atoms with Crippen LogP contribution in [0.5, 0.6) is 0 Å². The maximum absolute atomic E-state index is 2.44. The minimum absolute atomic E-state index is 0.280. The van der Waals surface area contributed by atoms with E-state index in [9.17, 15) is 0 Å². The minimum Gasteiger partial charge on any atom is -0.310 e. The second-order valence-electron chi connectivity index (χ2n) is 20.1. The summed E-state index contributed by atoms with van der Waals surface area (Å²) in [7, 11) is 0. The third-order valence-electron chi connectivity index (χ3n) is 15.9. The highest BCUT2D eigenvalue weighted by atomic mass is 15.1. The molecule has 1 heterocycles. The first-order valence-corrected chi connectivity index (χ1v) is 26.3. The van der Waals surface area contributed by atoms with Gasteiger partial charge in [0.15, 0.2) is 0 Å². The quantitative estimate of drug-likeness (QED) is 0.133. The normalized spacial score (nSPS) is 13.6. The van der Waals surface area contributed by atoms with Crippen LogP contribution in [0.25, 0.3) is 94.3 Å². The third kappa shape index (κ3) is 7.41. The lowest BCUT2D eigenvalue weighted by atomic mass is 9.74. The van der Waals surface area contributed by atoms with Gasteiger partial charge >= 0.3 is 0 Å². The van der Waals surface area contributed by atoms with Gasteiger partial charge in [-0.3, -0.25) is 0 Å². The van der Waals surface area contributed by atoms with Gasteiger partial charge in [0.1, 0.15) is 0 Å². The number of nitrogens with zero attached hydrogens (tertiary/aromatic N) is 2. The summed E-state index contributed by atoms with van der Waals surface area (Å²) in [5.41, 5.74) is 24.9. The Balaban J connectivity index is 0.912. The summed E-state index contributed by atoms with van der Waals surface area (Å²) < 4.78 is 2.39. The van der Waals surface area contributed by atoms with E-state index in [0.717, 1.165) is 33.9 Å². The van der Waals surface area contributed by atoms with Gasteiger partial charge in [-0.1, -0.05) is 237 Å². The summed E-state index contributed by atoms with van der Waals surface area (Å²) in [5, 5.41) is 2.49. The van der Waals surface area contributed by atoms with Crippen molar-refractivity contribution in [1.82, 2.24) is 4.57 Å². The first-order valence-electron chi connectivity index (χ1n) is 26.3. The molecule has 0 bridgehead atoms. The van der Waals surface area contributed by atoms with Crippen molar-refractivity contribution in [2.45, 2.75) is 12.3 Å². The molecule has 358 valence electrons. The van der Waals surface area contributed by atoms with Crippen molar-refractivity contribution in [1.29, 1.82) is 0 Å². The standard InChI is InChI=1S/C74H52N2/c1-74(55-24-7-3-8-25-55)68-36-18-15-32-64(68)65-49-44-54(50-69(65)74)51-40-45-57(46-41-51)75(70-37-19-16-33-66(70)63-31-14-13-30-62(63)61-29-12-11-28-59(61)52-22-5-2-6-23-52)58-47-42-53(43-48-58)60-35-21-39-72-73(60)67-34-17-20-38-71(67)76(72)56-26-9-4-10-27-56/h2-50H,1H3. The predicted molar refractivity (Wildman–Crippen MR) is 320 cm³/mol. The van der Waals surface area contributed by atoms with Crippen LogP contribution in [0.2, 0.25) is 0 Å². The Bertz CT molecular complexity index is 4270. The molecule has 14 rings (SSSR count). The second kappa shape index (κ2) is 18.6. The van der Waals surface area contributed by atoms with Gasteiger partial charge < -0.3 is 9.47 Å². The molecule has 0 aliphatic heterocycles. The molecule has 1 aliphatic carbocycles. The van der Waals surface area contributed by atoms with E-state index in [0.29, 0.717) is 0 Å². The average molecular weight is 969 g/mol. The van der Waals surface area contributed by atoms with E-state index in [1.54, 1.807) is 0 Å². The van der Waals surface area contributed by atoms with Gasteiger partial charge in [-0.25, -0.2) is 0 Å². The maximum atomic E-state index is 2.44. The molecule has 0 spiro atoms. The Morgan fingerprint density at radius 2 is 0.776 bits per heavy atom. The number of para-hydroxylation sites is 3. The van der Waals surface area contributed by atoms with Crippen LogP contribution >= 0.6 is 0 Å². The van der Waals surface area contributed by atoms with Crippen LogP contribution < -0.4 is 4.90 Å². The van der Waals surface area contributed by atoms with Gasteiger partial charge in [-0.2, -0.15) is 0 Å². The molecule has 2 nitrogen and oxygen atoms in total. The molecular formula is C74H52N2. The van der Waals surface area contributed by atoms with Crippen LogP contribution in [-0.4, -0.2) is 4.57 Å². The van der Waals surface area contributed by atoms with Crippen molar-refractivity contribution in [2.75, 3.05) is 4.90 Å². The van der Waals surface area contributed by atoms with E-state index in [4.69, 9.17) is 0 Å². The predicted octanol–water partition coefficient (Wildman–Crippen LogP) is 19.9. The van der Waals surface area contributed by atoms with Crippen LogP contribution in [0.15, 0.2) is 297 Å². The zero-order chi connectivity index (χ0) is 50.6. The van der Waals surface area contributed by atoms with Crippen LogP contribution in [0.1, 0.15) is 23.6 Å². The summed E-state index contributed by atoms with van der Waals surface area (Å²) in [6.45, 7) is 2.39. The van der Waals surface area contributed by atoms with Crippen LogP contribution in [-0.2, 0) is 5.41 Å². The van der Waals surface area contributed by atoms with E-state index in [1.165, 1.54) is 94.1 Å². The van der Waals surface area contributed by atoms with E-state index < -0.39 is 0 Å². The fourth-order valence-corrected chi connectivity index (χ4v) is 12.3. The van der Waals surface area contributed by atoms with E-state index in [-0.39, 0.29) is 5.41 Å². The van der Waals surface area contributed by atoms with E-state index >= 15 is 0 Å². The summed E-state index contributed by atoms with van der Waals surface area (Å²) in [4.78, 5) is 2.44. The Morgan fingerprint density at radius 3 is 1.49 bits per heavy atom. The number of aromatic nitrogens is 1. The maximum Gasteiger partial charge on any atom is 0.0547 e. The minimum atomic E-state index is -0.280. The van der Waals surface area contributed by atoms with Crippen molar-refractivity contribution in [3.05, 3.63) is 314 Å². The smallest absolute Gasteiger partial charge is 0.0547 e. The molecular weight excluding hydrogens is 917 g/mol. The zero-order valence-corrected chi connectivity index (χ0v) is 42.2. The van der Waals surface area contributed by atoms with Gasteiger partial charge in [-0.05, 0) is 145 Å². The van der Waals surface area contributed by atoms with Crippen molar-refractivity contribution < 1.29 is 0 Å². The lowest BCUT2D eigenvalue weighted by molar-refractivity contribution is 0.714. The Morgan fingerprint density at radius 1 is 0.303 bits per heavy atom. The fraction of sp³-hybridized carbons (Fsp3) is 0.0270. The van der Waals surface area contributed by atoms with Gasteiger partial charge in [0.05, 0.1) is 16.7 Å². The zero-order valence-electron chi connectivity index (χ0n) is 42.2. The number of benzene rings is 12. The molecule has 1 aromatic heterocycles. The number of hydrogen-bond donors (Lipinski definition) is 0. The molecule has 1 aliphatic rings. The molecule has 0 saturated heterocycles. The third-order valence-corrected chi connectivity index (χ3v) is 15.9. The largest absolute Gasteiger partial charge is 0.310 e. The highest BCUT2D eigenvalue weighted by Crippen LogP contribution is 2.53. The Labute approximate surface area is 444 Å². The number of fused-ring (bicyclic) bond motifs is 6. The first-order chi connectivity index (χ1) is 37.6. The van der Waals surface area contributed by atoms with Crippen LogP contribution in [0, 0.1) is 0 Å². The summed E-state index contributed by atoms with van der Waals surface area (Å²) >= 11 is 0. The topological polar surface area (TPSA) is 8.17 Å². The molecule has 0 amide bonds. The molecule has 76 heavy (non-hydrogen) atoms. The first kappa shape index (κ1) is 44.9. The average Bonchev–Trinajstić information content (AvgIpc) is 4.02. The highest BCUT2D eigenvalue weighted by Gasteiger charge is 2.40. The lowest BCUT2D eigenvalue weighted by Crippen LogP contribution is -2.22. The molecule has 12 aromatic carbocycles. The van der Waals surface area contributed by atoms with Gasteiger partial charge in [0, 0.05) is 38.8 Å². The van der Waals surface area contributed by atoms with Crippen molar-refractivity contribution >= 4 is 38.9 Å². The molecule has 1 atom stereocenters. The molecule has 0 N–H and O–H groups in total. The van der Waals surface area contributed by atoms with Crippen molar-refractivity contribution in [3.8, 4) is 72.4 Å². The Hall–Kier alpha value is -9.76. The summed E-state index contributed by atoms with van der Waals surface area (Å²) in [5.74, 6) is 0. The Kier molecular flexibility index (Phi) is 11.0. The molecule has 0 radical (unpaired) electrons. The number of anilines is 3.